The predicted octanol–water partition coefficient (Wildman–Crippen LogP) is 3.35. The molecule has 0 radical (unpaired) electrons. The lowest BCUT2D eigenvalue weighted by Crippen LogP contribution is -2.34. The van der Waals surface area contributed by atoms with E-state index in [0.717, 1.165) is 66.8 Å². The molecule has 2 aromatic rings. The van der Waals surface area contributed by atoms with Crippen molar-refractivity contribution in [2.45, 2.75) is 57.9 Å². The normalized spacial score (nSPS) is 21.5. The molecule has 1 saturated heterocycles. The van der Waals surface area contributed by atoms with Crippen molar-refractivity contribution in [1.82, 2.24) is 20.0 Å². The van der Waals surface area contributed by atoms with Crippen LogP contribution in [-0.2, 0) is 6.54 Å². The third-order valence-corrected chi connectivity index (χ3v) is 5.38. The van der Waals surface area contributed by atoms with Gasteiger partial charge < -0.3 is 9.26 Å². The van der Waals surface area contributed by atoms with Crippen LogP contribution in [0, 0.1) is 13.8 Å². The summed E-state index contributed by atoms with van der Waals surface area (Å²) >= 11 is 0. The number of nitrogens with zero attached hydrogens (tertiary/aromatic N) is 4. The summed E-state index contributed by atoms with van der Waals surface area (Å²) < 4.78 is 11.0. The molecule has 6 heteroatoms. The van der Waals surface area contributed by atoms with E-state index in [9.17, 15) is 0 Å². The van der Waals surface area contributed by atoms with E-state index in [1.807, 2.05) is 13.1 Å². The minimum atomic E-state index is 0.359. The van der Waals surface area contributed by atoms with E-state index in [4.69, 9.17) is 9.26 Å². The maximum Gasteiger partial charge on any atom is 0.229 e. The molecule has 2 aliphatic rings. The number of rotatable bonds is 5. The summed E-state index contributed by atoms with van der Waals surface area (Å²) in [6, 6.07) is 0. The van der Waals surface area contributed by atoms with E-state index in [2.05, 4.69) is 26.9 Å². The molecule has 25 heavy (non-hydrogen) atoms. The van der Waals surface area contributed by atoms with Gasteiger partial charge in [-0.3, -0.25) is 9.88 Å². The van der Waals surface area contributed by atoms with Crippen LogP contribution >= 0.6 is 0 Å². The summed E-state index contributed by atoms with van der Waals surface area (Å²) in [5, 5.41) is 4.25. The van der Waals surface area contributed by atoms with Crippen LogP contribution in [0.25, 0.3) is 0 Å². The lowest BCUT2D eigenvalue weighted by atomic mass is 9.97. The van der Waals surface area contributed by atoms with Crippen molar-refractivity contribution in [3.05, 3.63) is 34.7 Å². The van der Waals surface area contributed by atoms with Crippen molar-refractivity contribution >= 4 is 0 Å². The lowest BCUT2D eigenvalue weighted by Gasteiger charge is -2.31. The maximum atomic E-state index is 5.54. The highest BCUT2D eigenvalue weighted by Crippen LogP contribution is 2.39. The van der Waals surface area contributed by atoms with Crippen LogP contribution in [0.2, 0.25) is 0 Å². The Hall–Kier alpha value is -1.95. The molecule has 2 fully saturated rings. The molecule has 1 aliphatic carbocycles. The molecule has 0 bridgehead atoms. The van der Waals surface area contributed by atoms with Gasteiger partial charge in [0, 0.05) is 42.2 Å². The molecule has 2 aromatic heterocycles. The van der Waals surface area contributed by atoms with Gasteiger partial charge in [0.2, 0.25) is 5.89 Å². The van der Waals surface area contributed by atoms with Gasteiger partial charge in [0.1, 0.15) is 5.75 Å². The van der Waals surface area contributed by atoms with Crippen LogP contribution in [0.15, 0.2) is 10.7 Å². The molecule has 1 aliphatic heterocycles. The fraction of sp³-hybridized carbons (Fsp3) is 0.632. The molecular formula is C19H26N4O2. The van der Waals surface area contributed by atoms with Crippen molar-refractivity contribution in [3.8, 4) is 5.75 Å². The average molecular weight is 342 g/mol. The van der Waals surface area contributed by atoms with Gasteiger partial charge in [0.05, 0.1) is 12.8 Å². The van der Waals surface area contributed by atoms with Gasteiger partial charge in [-0.25, -0.2) is 0 Å². The number of aromatic nitrogens is 3. The van der Waals surface area contributed by atoms with E-state index >= 15 is 0 Å². The van der Waals surface area contributed by atoms with Gasteiger partial charge in [-0.05, 0) is 46.1 Å². The van der Waals surface area contributed by atoms with Crippen LogP contribution < -0.4 is 4.74 Å². The fourth-order valence-electron chi connectivity index (χ4n) is 3.76. The van der Waals surface area contributed by atoms with E-state index in [-0.39, 0.29) is 0 Å². The summed E-state index contributed by atoms with van der Waals surface area (Å²) in [5.41, 5.74) is 3.31. The van der Waals surface area contributed by atoms with Crippen LogP contribution in [0.4, 0.5) is 0 Å². The molecule has 0 aromatic carbocycles. The smallest absolute Gasteiger partial charge is 0.229 e. The van der Waals surface area contributed by atoms with Crippen LogP contribution in [0.3, 0.4) is 0 Å². The SMILES string of the molecule is COc1c(C)cnc(CN2CCCC(c3noc(C4CC4)n3)C2)c1C. The lowest BCUT2D eigenvalue weighted by molar-refractivity contribution is 0.192. The number of piperidine rings is 1. The first-order valence-corrected chi connectivity index (χ1v) is 9.20. The van der Waals surface area contributed by atoms with Gasteiger partial charge in [-0.15, -0.1) is 0 Å². The Morgan fingerprint density at radius 3 is 2.84 bits per heavy atom. The minimum Gasteiger partial charge on any atom is -0.496 e. The number of ether oxygens (including phenoxy) is 1. The monoisotopic (exact) mass is 342 g/mol. The molecular weight excluding hydrogens is 316 g/mol. The van der Waals surface area contributed by atoms with Crippen LogP contribution in [0.5, 0.6) is 5.75 Å². The Kier molecular flexibility index (Phi) is 4.46. The van der Waals surface area contributed by atoms with E-state index in [1.165, 1.54) is 12.8 Å². The summed E-state index contributed by atoms with van der Waals surface area (Å²) in [6.07, 6.45) is 6.57. The van der Waals surface area contributed by atoms with Crippen molar-refractivity contribution in [3.63, 3.8) is 0 Å². The quantitative estimate of drug-likeness (QED) is 0.830. The van der Waals surface area contributed by atoms with Crippen LogP contribution in [0.1, 0.15) is 66.1 Å². The van der Waals surface area contributed by atoms with Gasteiger partial charge in [0.15, 0.2) is 5.82 Å². The number of aryl methyl sites for hydroxylation is 1. The Morgan fingerprint density at radius 2 is 2.08 bits per heavy atom. The molecule has 134 valence electrons. The number of hydrogen-bond acceptors (Lipinski definition) is 6. The van der Waals surface area contributed by atoms with Crippen molar-refractivity contribution < 1.29 is 9.26 Å². The van der Waals surface area contributed by atoms with Gasteiger partial charge >= 0.3 is 0 Å². The van der Waals surface area contributed by atoms with Gasteiger partial charge in [0.25, 0.3) is 0 Å². The molecule has 0 amide bonds. The van der Waals surface area contributed by atoms with E-state index in [1.54, 1.807) is 7.11 Å². The molecule has 6 nitrogen and oxygen atoms in total. The second kappa shape index (κ2) is 6.75. The summed E-state index contributed by atoms with van der Waals surface area (Å²) in [6.45, 7) is 7.01. The van der Waals surface area contributed by atoms with Crippen LogP contribution in [-0.4, -0.2) is 40.2 Å². The third-order valence-electron chi connectivity index (χ3n) is 5.38. The Bertz CT molecular complexity index is 754. The highest BCUT2D eigenvalue weighted by Gasteiger charge is 2.32. The highest BCUT2D eigenvalue weighted by molar-refractivity contribution is 5.41. The number of likely N-dealkylation sites (tertiary alicyclic amines) is 1. The zero-order valence-electron chi connectivity index (χ0n) is 15.3. The topological polar surface area (TPSA) is 64.3 Å². The summed E-state index contributed by atoms with van der Waals surface area (Å²) in [4.78, 5) is 11.7. The predicted molar refractivity (Wildman–Crippen MR) is 93.8 cm³/mol. The van der Waals surface area contributed by atoms with Gasteiger partial charge in [-0.1, -0.05) is 5.16 Å². The minimum absolute atomic E-state index is 0.359. The first kappa shape index (κ1) is 16.5. The summed E-state index contributed by atoms with van der Waals surface area (Å²) in [7, 11) is 1.73. The molecule has 1 unspecified atom stereocenters. The van der Waals surface area contributed by atoms with Gasteiger partial charge in [-0.2, -0.15) is 4.98 Å². The maximum absolute atomic E-state index is 5.54. The zero-order chi connectivity index (χ0) is 17.4. The standard InChI is InChI=1S/C19H26N4O2/c1-12-9-20-16(13(2)17(12)24-3)11-23-8-4-5-15(10-23)18-21-19(25-22-18)14-6-7-14/h9,14-15H,4-8,10-11H2,1-3H3. The molecule has 1 saturated carbocycles. The average Bonchev–Trinajstić information content (AvgIpc) is 3.35. The van der Waals surface area contributed by atoms with Crippen molar-refractivity contribution in [2.24, 2.45) is 0 Å². The second-order valence-electron chi connectivity index (χ2n) is 7.39. The summed E-state index contributed by atoms with van der Waals surface area (Å²) in [5.74, 6) is 3.56. The first-order valence-electron chi connectivity index (χ1n) is 9.20. The number of methoxy groups -OCH3 is 1. The third kappa shape index (κ3) is 3.40. The molecule has 4 rings (SSSR count). The molecule has 0 N–H and O–H groups in total. The largest absolute Gasteiger partial charge is 0.496 e. The zero-order valence-corrected chi connectivity index (χ0v) is 15.3. The van der Waals surface area contributed by atoms with E-state index in [0.29, 0.717) is 11.8 Å². The van der Waals surface area contributed by atoms with Crippen molar-refractivity contribution in [1.29, 1.82) is 0 Å². The van der Waals surface area contributed by atoms with E-state index < -0.39 is 0 Å². The number of pyridine rings is 1. The highest BCUT2D eigenvalue weighted by atomic mass is 16.5. The molecule has 0 spiro atoms. The number of hydrogen-bond donors (Lipinski definition) is 0. The Morgan fingerprint density at radius 1 is 1.24 bits per heavy atom. The Labute approximate surface area is 148 Å². The van der Waals surface area contributed by atoms with Crippen molar-refractivity contribution in [2.75, 3.05) is 20.2 Å². The molecule has 1 atom stereocenters. The fourth-order valence-corrected chi connectivity index (χ4v) is 3.76. The second-order valence-corrected chi connectivity index (χ2v) is 7.39. The molecule has 3 heterocycles. The first-order chi connectivity index (χ1) is 12.2. The Balaban J connectivity index is 1.46.